The molecule has 1 aromatic carbocycles. The summed E-state index contributed by atoms with van der Waals surface area (Å²) < 4.78 is 11.9. The predicted molar refractivity (Wildman–Crippen MR) is 144 cm³/mol. The summed E-state index contributed by atoms with van der Waals surface area (Å²) in [5.41, 5.74) is 1.97. The maximum absolute atomic E-state index is 13.0. The Morgan fingerprint density at radius 3 is 2.71 bits per heavy atom. The number of fused-ring (bicyclic) bond motifs is 1. The molecule has 1 aromatic heterocycles. The van der Waals surface area contributed by atoms with Crippen LogP contribution in [0.4, 0.5) is 5.00 Å². The Morgan fingerprint density at radius 1 is 1.15 bits per heavy atom. The fraction of sp³-hybridized carbons (Fsp3) is 0.480. The van der Waals surface area contributed by atoms with Crippen LogP contribution in [0.2, 0.25) is 0 Å². The number of halogens is 1. The Balaban J connectivity index is 1.71. The van der Waals surface area contributed by atoms with Gasteiger partial charge >= 0.3 is 5.97 Å². The molecule has 0 spiro atoms. The molecule has 2 aromatic rings. The van der Waals surface area contributed by atoms with Crippen LogP contribution >= 0.6 is 39.5 Å². The largest absolute Gasteiger partial charge is 0.493 e. The quantitative estimate of drug-likeness (QED) is 0.190. The van der Waals surface area contributed by atoms with E-state index in [0.717, 1.165) is 61.4 Å². The summed E-state index contributed by atoms with van der Waals surface area (Å²) in [6.07, 6.45) is 8.27. The third-order valence-corrected chi connectivity index (χ3v) is 7.45. The molecule has 0 saturated heterocycles. The molecule has 6 nitrogen and oxygen atoms in total. The second-order valence-corrected chi connectivity index (χ2v) is 10.5. The van der Waals surface area contributed by atoms with Gasteiger partial charge in [-0.1, -0.05) is 42.1 Å². The highest BCUT2D eigenvalue weighted by molar-refractivity contribution is 9.10. The van der Waals surface area contributed by atoms with Gasteiger partial charge < -0.3 is 14.8 Å². The minimum Gasteiger partial charge on any atom is -0.493 e. The molecular weight excluding hydrogens is 536 g/mol. The molecule has 0 fully saturated rings. The van der Waals surface area contributed by atoms with Gasteiger partial charge in [0.1, 0.15) is 10.8 Å². The highest BCUT2D eigenvalue weighted by Gasteiger charge is 2.27. The van der Waals surface area contributed by atoms with E-state index in [9.17, 15) is 9.59 Å². The molecule has 1 aliphatic carbocycles. The first kappa shape index (κ1) is 26.6. The first-order valence-corrected chi connectivity index (χ1v) is 13.8. The number of carbonyl (C=O) groups is 2. The third-order valence-electron chi connectivity index (χ3n) is 5.55. The van der Waals surface area contributed by atoms with E-state index in [4.69, 9.17) is 21.7 Å². The molecule has 1 aliphatic rings. The van der Waals surface area contributed by atoms with E-state index in [1.54, 1.807) is 19.1 Å². The lowest BCUT2D eigenvalue weighted by Gasteiger charge is -2.14. The monoisotopic (exact) mass is 566 g/mol. The van der Waals surface area contributed by atoms with Crippen LogP contribution in [0.3, 0.4) is 0 Å². The summed E-state index contributed by atoms with van der Waals surface area (Å²) >= 11 is 10.4. The molecular formula is C25H31BrN2O4S2. The van der Waals surface area contributed by atoms with Crippen molar-refractivity contribution >= 4 is 61.5 Å². The molecule has 0 unspecified atom stereocenters. The lowest BCUT2D eigenvalue weighted by Crippen LogP contribution is -2.34. The van der Waals surface area contributed by atoms with Crippen LogP contribution in [-0.4, -0.2) is 30.2 Å². The van der Waals surface area contributed by atoms with Gasteiger partial charge in [-0.2, -0.15) is 0 Å². The summed E-state index contributed by atoms with van der Waals surface area (Å²) in [6, 6.07) is 5.34. The van der Waals surface area contributed by atoms with Gasteiger partial charge in [0.05, 0.1) is 24.3 Å². The molecule has 0 atom stereocenters. The van der Waals surface area contributed by atoms with Crippen molar-refractivity contribution in [3.63, 3.8) is 0 Å². The maximum Gasteiger partial charge on any atom is 0.341 e. The molecule has 1 heterocycles. The summed E-state index contributed by atoms with van der Waals surface area (Å²) in [5, 5.41) is 6.56. The van der Waals surface area contributed by atoms with Gasteiger partial charge in [0.15, 0.2) is 5.11 Å². The van der Waals surface area contributed by atoms with Crippen LogP contribution in [0, 0.1) is 0 Å². The topological polar surface area (TPSA) is 76.7 Å². The van der Waals surface area contributed by atoms with Crippen LogP contribution in [0.1, 0.15) is 83.5 Å². The highest BCUT2D eigenvalue weighted by atomic mass is 79.9. The van der Waals surface area contributed by atoms with Crippen LogP contribution in [0.15, 0.2) is 22.7 Å². The van der Waals surface area contributed by atoms with Crippen LogP contribution in [0.25, 0.3) is 0 Å². The zero-order valence-electron chi connectivity index (χ0n) is 19.6. The number of hydrogen-bond acceptors (Lipinski definition) is 6. The summed E-state index contributed by atoms with van der Waals surface area (Å²) in [5.74, 6) is -0.218. The second-order valence-electron chi connectivity index (χ2n) is 8.09. The van der Waals surface area contributed by atoms with Crippen molar-refractivity contribution in [2.75, 3.05) is 18.5 Å². The van der Waals surface area contributed by atoms with E-state index in [0.29, 0.717) is 35.1 Å². The lowest BCUT2D eigenvalue weighted by atomic mass is 9.95. The molecule has 3 rings (SSSR count). The molecule has 0 saturated carbocycles. The molecule has 0 bridgehead atoms. The van der Waals surface area contributed by atoms with Crippen LogP contribution < -0.4 is 15.4 Å². The van der Waals surface area contributed by atoms with Gasteiger partial charge in [-0.3, -0.25) is 10.1 Å². The highest BCUT2D eigenvalue weighted by Crippen LogP contribution is 2.38. The number of benzene rings is 1. The average molecular weight is 568 g/mol. The van der Waals surface area contributed by atoms with Gasteiger partial charge in [-0.25, -0.2) is 4.79 Å². The Morgan fingerprint density at radius 2 is 1.94 bits per heavy atom. The predicted octanol–water partition coefficient (Wildman–Crippen LogP) is 6.65. The minimum absolute atomic E-state index is 0.128. The number of amides is 1. The number of thiophene rings is 1. The van der Waals surface area contributed by atoms with E-state index >= 15 is 0 Å². The van der Waals surface area contributed by atoms with Crippen molar-refractivity contribution < 1.29 is 19.1 Å². The summed E-state index contributed by atoms with van der Waals surface area (Å²) in [6.45, 7) is 4.80. The van der Waals surface area contributed by atoms with Crippen molar-refractivity contribution in [1.82, 2.24) is 5.32 Å². The van der Waals surface area contributed by atoms with E-state index in [1.165, 1.54) is 16.2 Å². The van der Waals surface area contributed by atoms with Gasteiger partial charge in [0, 0.05) is 9.35 Å². The average Bonchev–Trinajstić information content (AvgIpc) is 3.17. The van der Waals surface area contributed by atoms with Gasteiger partial charge in [-0.15, -0.1) is 11.3 Å². The Kier molecular flexibility index (Phi) is 10.3. The number of nitrogens with one attached hydrogen (secondary N) is 2. The molecule has 1 amide bonds. The van der Waals surface area contributed by atoms with Gasteiger partial charge in [-0.05, 0) is 75.0 Å². The molecule has 184 valence electrons. The zero-order valence-corrected chi connectivity index (χ0v) is 22.8. The minimum atomic E-state index is -0.374. The van der Waals surface area contributed by atoms with Gasteiger partial charge in [0.25, 0.3) is 5.91 Å². The maximum atomic E-state index is 13.0. The second kappa shape index (κ2) is 13.2. The number of esters is 1. The Labute approximate surface area is 218 Å². The van der Waals surface area contributed by atoms with E-state index < -0.39 is 0 Å². The van der Waals surface area contributed by atoms with E-state index in [1.807, 2.05) is 6.07 Å². The summed E-state index contributed by atoms with van der Waals surface area (Å²) in [7, 11) is 0. The van der Waals surface area contributed by atoms with Gasteiger partial charge in [0.2, 0.25) is 0 Å². The van der Waals surface area contributed by atoms with Crippen molar-refractivity contribution in [1.29, 1.82) is 0 Å². The Bertz CT molecular complexity index is 1040. The Hall–Kier alpha value is -1.97. The lowest BCUT2D eigenvalue weighted by molar-refractivity contribution is 0.0526. The van der Waals surface area contributed by atoms with Crippen LogP contribution in [0.5, 0.6) is 5.75 Å². The number of aryl methyl sites for hydroxylation is 1. The van der Waals surface area contributed by atoms with Crippen molar-refractivity contribution in [2.24, 2.45) is 0 Å². The fourth-order valence-corrected chi connectivity index (χ4v) is 5.80. The number of unbranched alkanes of at least 4 members (excludes halogenated alkanes) is 3. The first-order chi connectivity index (χ1) is 16.4. The third kappa shape index (κ3) is 7.02. The number of rotatable bonds is 10. The van der Waals surface area contributed by atoms with Crippen molar-refractivity contribution in [3.05, 3.63) is 44.2 Å². The molecule has 34 heavy (non-hydrogen) atoms. The fourth-order valence-electron chi connectivity index (χ4n) is 3.89. The molecule has 0 aliphatic heterocycles. The summed E-state index contributed by atoms with van der Waals surface area (Å²) in [4.78, 5) is 26.9. The SMILES string of the molecule is CCCCCCOc1ccc(Br)cc1C(=O)NC(=S)Nc1sc2c(c1C(=O)OCC)CCCC2. The van der Waals surface area contributed by atoms with Crippen molar-refractivity contribution in [2.45, 2.75) is 65.2 Å². The van der Waals surface area contributed by atoms with E-state index in [-0.39, 0.29) is 17.0 Å². The zero-order chi connectivity index (χ0) is 24.5. The number of hydrogen-bond donors (Lipinski definition) is 2. The van der Waals surface area contributed by atoms with E-state index in [2.05, 4.69) is 33.5 Å². The van der Waals surface area contributed by atoms with Crippen molar-refractivity contribution in [3.8, 4) is 5.75 Å². The normalized spacial score (nSPS) is 12.6. The molecule has 0 radical (unpaired) electrons. The molecule has 9 heteroatoms. The number of carbonyl (C=O) groups excluding carboxylic acids is 2. The number of anilines is 1. The first-order valence-electron chi connectivity index (χ1n) is 11.8. The molecule has 2 N–H and O–H groups in total. The number of ether oxygens (including phenoxy) is 2. The number of thiocarbonyl (C=S) groups is 1. The standard InChI is InChI=1S/C25H31BrN2O4S2/c1-3-5-6-9-14-32-19-13-12-16(26)15-18(19)22(29)27-25(33)28-23-21(24(30)31-4-2)17-10-7-8-11-20(17)34-23/h12-13,15H,3-11,14H2,1-2H3,(H2,27,28,29,33). The van der Waals surface area contributed by atoms with Crippen LogP contribution in [-0.2, 0) is 17.6 Å². The smallest absolute Gasteiger partial charge is 0.341 e.